The van der Waals surface area contributed by atoms with Crippen LogP contribution < -0.4 is 5.32 Å². The summed E-state index contributed by atoms with van der Waals surface area (Å²) in [6.45, 7) is 5.77. The number of amides is 1. The van der Waals surface area contributed by atoms with Gasteiger partial charge in [0.2, 0.25) is 5.91 Å². The zero-order valence-corrected chi connectivity index (χ0v) is 10.4. The molecule has 0 aromatic carbocycles. The lowest BCUT2D eigenvalue weighted by Gasteiger charge is -2.17. The van der Waals surface area contributed by atoms with Crippen molar-refractivity contribution < 1.29 is 14.7 Å². The van der Waals surface area contributed by atoms with Gasteiger partial charge in [0.1, 0.15) is 0 Å². The van der Waals surface area contributed by atoms with Crippen molar-refractivity contribution >= 4 is 23.6 Å². The molecule has 0 aromatic rings. The average molecular weight is 233 g/mol. The van der Waals surface area contributed by atoms with E-state index in [2.05, 4.69) is 5.32 Å². The highest BCUT2D eigenvalue weighted by Crippen LogP contribution is 2.11. The predicted molar refractivity (Wildman–Crippen MR) is 62.0 cm³/mol. The molecule has 0 saturated carbocycles. The molecule has 88 valence electrons. The molecule has 0 aromatic heterocycles. The molecular weight excluding hydrogens is 214 g/mol. The van der Waals surface area contributed by atoms with E-state index in [0.717, 1.165) is 0 Å². The minimum absolute atomic E-state index is 0.189. The summed E-state index contributed by atoms with van der Waals surface area (Å²) in [5.74, 6) is -2.26. The number of thioether (sulfide) groups is 1. The summed E-state index contributed by atoms with van der Waals surface area (Å²) in [4.78, 5) is 22.2. The third-order valence-electron chi connectivity index (χ3n) is 2.52. The van der Waals surface area contributed by atoms with Gasteiger partial charge in [0.05, 0.1) is 5.92 Å². The fraction of sp³-hybridized carbons (Fsp3) is 0.800. The minimum Gasteiger partial charge on any atom is -0.481 e. The highest BCUT2D eigenvalue weighted by atomic mass is 32.2. The fourth-order valence-corrected chi connectivity index (χ4v) is 1.18. The second kappa shape index (κ2) is 6.71. The number of nitrogens with one attached hydrogen (secondary N) is 1. The first-order chi connectivity index (χ1) is 6.90. The Morgan fingerprint density at radius 2 is 1.80 bits per heavy atom. The molecule has 0 bridgehead atoms. The standard InChI is InChI=1S/C10H19NO3S/c1-6(15-4)5-11-9(12)7(2)8(3)10(13)14/h6-8H,5H2,1-4H3,(H,11,12)(H,13,14). The van der Waals surface area contributed by atoms with Crippen LogP contribution in [0, 0.1) is 11.8 Å². The first-order valence-electron chi connectivity index (χ1n) is 4.93. The number of carboxylic acid groups (broad SMARTS) is 1. The molecule has 5 heteroatoms. The average Bonchev–Trinajstić information content (AvgIpc) is 2.22. The number of carbonyl (C=O) groups excluding carboxylic acids is 1. The van der Waals surface area contributed by atoms with Gasteiger partial charge in [-0.05, 0) is 6.26 Å². The molecule has 0 aliphatic carbocycles. The zero-order valence-electron chi connectivity index (χ0n) is 9.61. The van der Waals surface area contributed by atoms with Gasteiger partial charge in [-0.25, -0.2) is 0 Å². The number of aliphatic carboxylic acids is 1. The van der Waals surface area contributed by atoms with Crippen molar-refractivity contribution in [2.45, 2.75) is 26.0 Å². The molecule has 0 spiro atoms. The third kappa shape index (κ3) is 5.06. The van der Waals surface area contributed by atoms with Crippen LogP contribution in [-0.4, -0.2) is 35.0 Å². The van der Waals surface area contributed by atoms with Gasteiger partial charge in [-0.15, -0.1) is 0 Å². The Hall–Kier alpha value is -0.710. The fourth-order valence-electron chi connectivity index (χ4n) is 0.930. The van der Waals surface area contributed by atoms with E-state index < -0.39 is 17.8 Å². The van der Waals surface area contributed by atoms with Crippen LogP contribution in [-0.2, 0) is 9.59 Å². The largest absolute Gasteiger partial charge is 0.481 e. The third-order valence-corrected chi connectivity index (χ3v) is 3.49. The molecule has 2 N–H and O–H groups in total. The Morgan fingerprint density at radius 1 is 1.27 bits per heavy atom. The van der Waals surface area contributed by atoms with Crippen molar-refractivity contribution in [3.63, 3.8) is 0 Å². The smallest absolute Gasteiger partial charge is 0.307 e. The molecule has 3 atom stereocenters. The Bertz CT molecular complexity index is 233. The summed E-state index contributed by atoms with van der Waals surface area (Å²) in [6, 6.07) is 0. The van der Waals surface area contributed by atoms with E-state index in [4.69, 9.17) is 5.11 Å². The number of carbonyl (C=O) groups is 2. The molecule has 3 unspecified atom stereocenters. The van der Waals surface area contributed by atoms with Gasteiger partial charge in [0.25, 0.3) is 0 Å². The zero-order chi connectivity index (χ0) is 12.0. The second-order valence-electron chi connectivity index (χ2n) is 3.71. The highest BCUT2D eigenvalue weighted by molar-refractivity contribution is 7.99. The van der Waals surface area contributed by atoms with E-state index in [9.17, 15) is 9.59 Å². The molecule has 0 fully saturated rings. The van der Waals surface area contributed by atoms with E-state index in [-0.39, 0.29) is 5.91 Å². The predicted octanol–water partition coefficient (Wildman–Crippen LogP) is 1.21. The maximum atomic E-state index is 11.5. The van der Waals surface area contributed by atoms with Gasteiger partial charge in [-0.2, -0.15) is 11.8 Å². The van der Waals surface area contributed by atoms with Crippen molar-refractivity contribution in [2.24, 2.45) is 11.8 Å². The van der Waals surface area contributed by atoms with Gasteiger partial charge in [0, 0.05) is 17.7 Å². The molecule has 0 aliphatic heterocycles. The summed E-state index contributed by atoms with van der Waals surface area (Å²) in [6.07, 6.45) is 1.97. The van der Waals surface area contributed by atoms with Crippen molar-refractivity contribution in [1.29, 1.82) is 0 Å². The lowest BCUT2D eigenvalue weighted by molar-refractivity contribution is -0.146. The van der Waals surface area contributed by atoms with Crippen LogP contribution in [0.2, 0.25) is 0 Å². The molecule has 0 aliphatic rings. The van der Waals surface area contributed by atoms with Crippen molar-refractivity contribution in [2.75, 3.05) is 12.8 Å². The van der Waals surface area contributed by atoms with E-state index in [1.807, 2.05) is 13.2 Å². The summed E-state index contributed by atoms with van der Waals surface area (Å²) in [5.41, 5.74) is 0. The van der Waals surface area contributed by atoms with Crippen LogP contribution in [0.3, 0.4) is 0 Å². The molecule has 4 nitrogen and oxygen atoms in total. The molecule has 0 saturated heterocycles. The normalized spacial score (nSPS) is 16.5. The van der Waals surface area contributed by atoms with Crippen molar-refractivity contribution in [1.82, 2.24) is 5.32 Å². The monoisotopic (exact) mass is 233 g/mol. The lowest BCUT2D eigenvalue weighted by atomic mass is 9.95. The Morgan fingerprint density at radius 3 is 2.20 bits per heavy atom. The summed E-state index contributed by atoms with van der Waals surface area (Å²) in [7, 11) is 0. The van der Waals surface area contributed by atoms with Gasteiger partial charge in [0.15, 0.2) is 0 Å². The quantitative estimate of drug-likeness (QED) is 0.723. The van der Waals surface area contributed by atoms with Gasteiger partial charge in [-0.3, -0.25) is 9.59 Å². The number of hydrogen-bond donors (Lipinski definition) is 2. The topological polar surface area (TPSA) is 66.4 Å². The van der Waals surface area contributed by atoms with Crippen molar-refractivity contribution in [3.05, 3.63) is 0 Å². The van der Waals surface area contributed by atoms with E-state index in [1.165, 1.54) is 0 Å². The van der Waals surface area contributed by atoms with Crippen LogP contribution in [0.1, 0.15) is 20.8 Å². The van der Waals surface area contributed by atoms with Gasteiger partial charge >= 0.3 is 5.97 Å². The first-order valence-corrected chi connectivity index (χ1v) is 6.22. The van der Waals surface area contributed by atoms with Crippen LogP contribution in [0.4, 0.5) is 0 Å². The maximum Gasteiger partial charge on any atom is 0.307 e. The van der Waals surface area contributed by atoms with E-state index >= 15 is 0 Å². The maximum absolute atomic E-state index is 11.5. The number of hydrogen-bond acceptors (Lipinski definition) is 3. The number of carboxylic acids is 1. The molecule has 0 heterocycles. The molecule has 15 heavy (non-hydrogen) atoms. The second-order valence-corrected chi connectivity index (χ2v) is 4.98. The van der Waals surface area contributed by atoms with Crippen LogP contribution >= 0.6 is 11.8 Å². The summed E-state index contributed by atoms with van der Waals surface area (Å²) in [5, 5.41) is 11.8. The van der Waals surface area contributed by atoms with Gasteiger partial charge in [-0.1, -0.05) is 20.8 Å². The van der Waals surface area contributed by atoms with Crippen molar-refractivity contribution in [3.8, 4) is 0 Å². The Balaban J connectivity index is 4.05. The van der Waals surface area contributed by atoms with Crippen LogP contribution in [0.25, 0.3) is 0 Å². The van der Waals surface area contributed by atoms with Crippen LogP contribution in [0.5, 0.6) is 0 Å². The molecule has 0 radical (unpaired) electrons. The first kappa shape index (κ1) is 14.3. The molecule has 0 rings (SSSR count). The summed E-state index contributed by atoms with van der Waals surface area (Å²) >= 11 is 1.66. The van der Waals surface area contributed by atoms with Crippen LogP contribution in [0.15, 0.2) is 0 Å². The lowest BCUT2D eigenvalue weighted by Crippen LogP contribution is -2.37. The molecule has 1 amide bonds. The molecular formula is C10H19NO3S. The van der Waals surface area contributed by atoms with E-state index in [0.29, 0.717) is 11.8 Å². The Labute approximate surface area is 94.8 Å². The van der Waals surface area contributed by atoms with E-state index in [1.54, 1.807) is 25.6 Å². The SMILES string of the molecule is CSC(C)CNC(=O)C(C)C(C)C(=O)O. The summed E-state index contributed by atoms with van der Waals surface area (Å²) < 4.78 is 0. The minimum atomic E-state index is -0.935. The highest BCUT2D eigenvalue weighted by Gasteiger charge is 2.25. The van der Waals surface area contributed by atoms with Gasteiger partial charge < -0.3 is 10.4 Å². The number of rotatable bonds is 6. The Kier molecular flexibility index (Phi) is 6.40.